The third-order valence-electron chi connectivity index (χ3n) is 2.50. The van der Waals surface area contributed by atoms with Crippen molar-refractivity contribution in [2.75, 3.05) is 0 Å². The van der Waals surface area contributed by atoms with Crippen LogP contribution in [0, 0.1) is 0 Å². The van der Waals surface area contributed by atoms with Gasteiger partial charge in [-0.25, -0.2) is 0 Å². The van der Waals surface area contributed by atoms with Crippen LogP contribution in [0.25, 0.3) is 6.08 Å². The number of allylic oxidation sites excluding steroid dienone is 4. The van der Waals surface area contributed by atoms with Gasteiger partial charge in [0.1, 0.15) is 11.5 Å². The summed E-state index contributed by atoms with van der Waals surface area (Å²) in [5.41, 5.74) is 2.35. The van der Waals surface area contributed by atoms with Gasteiger partial charge in [0, 0.05) is 11.6 Å². The summed E-state index contributed by atoms with van der Waals surface area (Å²) in [5.74, 6) is 1.61. The van der Waals surface area contributed by atoms with Gasteiger partial charge < -0.3 is 4.74 Å². The fraction of sp³-hybridized carbons (Fsp3) is 0.125. The van der Waals surface area contributed by atoms with Gasteiger partial charge in [-0.2, -0.15) is 10.2 Å². The maximum Gasteiger partial charge on any atom is 0.134 e. The van der Waals surface area contributed by atoms with Crippen LogP contribution in [0.15, 0.2) is 76.5 Å². The Labute approximate surface area is 113 Å². The maximum absolute atomic E-state index is 5.71. The molecular formula is C16H16N2O. The number of fused-ring (bicyclic) bond motifs is 1. The van der Waals surface area contributed by atoms with E-state index in [0.29, 0.717) is 5.70 Å². The van der Waals surface area contributed by atoms with Crippen molar-refractivity contribution in [1.29, 1.82) is 0 Å². The molecule has 0 fully saturated rings. The highest BCUT2D eigenvalue weighted by Crippen LogP contribution is 2.27. The minimum atomic E-state index is 0.618. The highest BCUT2D eigenvalue weighted by molar-refractivity contribution is 5.63. The van der Waals surface area contributed by atoms with E-state index >= 15 is 0 Å². The van der Waals surface area contributed by atoms with E-state index in [0.717, 1.165) is 22.8 Å². The predicted octanol–water partition coefficient (Wildman–Crippen LogP) is 4.87. The highest BCUT2D eigenvalue weighted by atomic mass is 16.5. The number of rotatable bonds is 3. The van der Waals surface area contributed by atoms with Crippen molar-refractivity contribution in [3.8, 4) is 5.75 Å². The minimum absolute atomic E-state index is 0.618. The lowest BCUT2D eigenvalue weighted by Crippen LogP contribution is -1.90. The standard InChI is InChI=1S/C16H16N2O/c1-4-7-12(2)17-18-15-10-13(3)19-16-9-6-5-8-14(16)11-15/h4-11H,2H2,1,3H3/b7-4-,18-17?. The summed E-state index contributed by atoms with van der Waals surface area (Å²) in [6.45, 7) is 7.60. The van der Waals surface area contributed by atoms with Crippen LogP contribution < -0.4 is 4.74 Å². The normalized spacial score (nSPS) is 14.6. The molecule has 3 nitrogen and oxygen atoms in total. The molecule has 3 heteroatoms. The Bertz CT molecular complexity index is 607. The van der Waals surface area contributed by atoms with E-state index in [1.165, 1.54) is 0 Å². The van der Waals surface area contributed by atoms with Crippen LogP contribution in [0.1, 0.15) is 19.4 Å². The molecule has 1 aromatic rings. The molecule has 0 atom stereocenters. The predicted molar refractivity (Wildman–Crippen MR) is 77.6 cm³/mol. The summed E-state index contributed by atoms with van der Waals surface area (Å²) >= 11 is 0. The van der Waals surface area contributed by atoms with Gasteiger partial charge in [-0.05, 0) is 32.1 Å². The van der Waals surface area contributed by atoms with Crippen molar-refractivity contribution in [2.45, 2.75) is 13.8 Å². The second-order valence-corrected chi connectivity index (χ2v) is 4.16. The zero-order valence-electron chi connectivity index (χ0n) is 11.1. The molecule has 2 rings (SSSR count). The van der Waals surface area contributed by atoms with Crippen molar-refractivity contribution in [3.05, 3.63) is 71.8 Å². The molecule has 19 heavy (non-hydrogen) atoms. The van der Waals surface area contributed by atoms with Crippen LogP contribution in [0.3, 0.4) is 0 Å². The Morgan fingerprint density at radius 1 is 1.26 bits per heavy atom. The largest absolute Gasteiger partial charge is 0.461 e. The van der Waals surface area contributed by atoms with Gasteiger partial charge >= 0.3 is 0 Å². The molecule has 0 unspecified atom stereocenters. The molecule has 0 spiro atoms. The average molecular weight is 252 g/mol. The third kappa shape index (κ3) is 3.52. The van der Waals surface area contributed by atoms with Crippen molar-refractivity contribution in [1.82, 2.24) is 0 Å². The van der Waals surface area contributed by atoms with Crippen molar-refractivity contribution >= 4 is 6.08 Å². The first-order valence-electron chi connectivity index (χ1n) is 6.09. The summed E-state index contributed by atoms with van der Waals surface area (Å²) < 4.78 is 5.71. The fourth-order valence-corrected chi connectivity index (χ4v) is 1.71. The smallest absolute Gasteiger partial charge is 0.134 e. The van der Waals surface area contributed by atoms with Crippen LogP contribution in [-0.4, -0.2) is 0 Å². The van der Waals surface area contributed by atoms with Crippen LogP contribution in [-0.2, 0) is 0 Å². The third-order valence-corrected chi connectivity index (χ3v) is 2.50. The molecule has 0 bridgehead atoms. The van der Waals surface area contributed by atoms with Gasteiger partial charge in [0.25, 0.3) is 0 Å². The Morgan fingerprint density at radius 3 is 2.84 bits per heavy atom. The van der Waals surface area contributed by atoms with Gasteiger partial charge in [0.15, 0.2) is 0 Å². The van der Waals surface area contributed by atoms with E-state index in [4.69, 9.17) is 4.74 Å². The van der Waals surface area contributed by atoms with E-state index < -0.39 is 0 Å². The second-order valence-electron chi connectivity index (χ2n) is 4.16. The second kappa shape index (κ2) is 5.96. The van der Waals surface area contributed by atoms with E-state index in [9.17, 15) is 0 Å². The number of ether oxygens (including phenoxy) is 1. The highest BCUT2D eigenvalue weighted by Gasteiger charge is 2.07. The molecule has 0 aliphatic carbocycles. The zero-order chi connectivity index (χ0) is 13.7. The molecular weight excluding hydrogens is 236 g/mol. The van der Waals surface area contributed by atoms with Gasteiger partial charge in [-0.15, -0.1) is 0 Å². The van der Waals surface area contributed by atoms with Gasteiger partial charge in [0.2, 0.25) is 0 Å². The number of benzene rings is 1. The van der Waals surface area contributed by atoms with Gasteiger partial charge in [0.05, 0.1) is 11.4 Å². The Hall–Kier alpha value is -2.42. The maximum atomic E-state index is 5.71. The molecule has 0 amide bonds. The van der Waals surface area contributed by atoms with Crippen LogP contribution in [0.5, 0.6) is 5.75 Å². The number of hydrogen-bond donors (Lipinski definition) is 0. The molecule has 0 N–H and O–H groups in total. The molecule has 1 heterocycles. The van der Waals surface area contributed by atoms with Crippen LogP contribution >= 0.6 is 0 Å². The molecule has 96 valence electrons. The molecule has 0 saturated carbocycles. The van der Waals surface area contributed by atoms with Gasteiger partial charge in [-0.1, -0.05) is 30.9 Å². The summed E-state index contributed by atoms with van der Waals surface area (Å²) in [6.07, 6.45) is 7.48. The summed E-state index contributed by atoms with van der Waals surface area (Å²) in [4.78, 5) is 0. The lowest BCUT2D eigenvalue weighted by molar-refractivity contribution is 0.427. The van der Waals surface area contributed by atoms with E-state index in [1.807, 2.05) is 62.4 Å². The van der Waals surface area contributed by atoms with E-state index in [1.54, 1.807) is 0 Å². The lowest BCUT2D eigenvalue weighted by atomic mass is 10.2. The minimum Gasteiger partial charge on any atom is -0.461 e. The van der Waals surface area contributed by atoms with Crippen LogP contribution in [0.2, 0.25) is 0 Å². The zero-order valence-corrected chi connectivity index (χ0v) is 11.1. The average Bonchev–Trinajstić information content (AvgIpc) is 2.54. The molecule has 1 aliphatic heterocycles. The fourth-order valence-electron chi connectivity index (χ4n) is 1.71. The summed E-state index contributed by atoms with van der Waals surface area (Å²) in [6, 6.07) is 7.83. The number of nitrogens with zero attached hydrogens (tertiary/aromatic N) is 2. The number of para-hydroxylation sites is 1. The van der Waals surface area contributed by atoms with Gasteiger partial charge in [-0.3, -0.25) is 0 Å². The molecule has 0 saturated heterocycles. The molecule has 1 aliphatic rings. The quantitative estimate of drug-likeness (QED) is 0.558. The molecule has 1 aromatic carbocycles. The Balaban J connectivity index is 2.32. The summed E-state index contributed by atoms with van der Waals surface area (Å²) in [5, 5.41) is 8.25. The topological polar surface area (TPSA) is 34.0 Å². The van der Waals surface area contributed by atoms with Crippen LogP contribution in [0.4, 0.5) is 0 Å². The van der Waals surface area contributed by atoms with Crippen molar-refractivity contribution < 1.29 is 4.74 Å². The van der Waals surface area contributed by atoms with Crippen molar-refractivity contribution in [3.63, 3.8) is 0 Å². The summed E-state index contributed by atoms with van der Waals surface area (Å²) in [7, 11) is 0. The SMILES string of the molecule is C=C(/C=C\C)N=NC1=Cc2ccccc2OC(C)=C1. The van der Waals surface area contributed by atoms with E-state index in [-0.39, 0.29) is 0 Å². The first-order valence-corrected chi connectivity index (χ1v) is 6.09. The Morgan fingerprint density at radius 2 is 2.05 bits per heavy atom. The number of azo groups is 1. The lowest BCUT2D eigenvalue weighted by Gasteiger charge is -2.05. The first kappa shape index (κ1) is 13.0. The molecule has 0 radical (unpaired) electrons. The Kier molecular flexibility index (Phi) is 4.08. The number of hydrogen-bond acceptors (Lipinski definition) is 3. The van der Waals surface area contributed by atoms with Crippen molar-refractivity contribution in [2.24, 2.45) is 10.2 Å². The molecule has 0 aromatic heterocycles. The van der Waals surface area contributed by atoms with E-state index in [2.05, 4.69) is 16.8 Å². The first-order chi connectivity index (χ1) is 9.19. The monoisotopic (exact) mass is 252 g/mol.